The average molecular weight is 150 g/mol. The second-order valence-corrected chi connectivity index (χ2v) is 2.55. The zero-order valence-corrected chi connectivity index (χ0v) is 6.72. The fourth-order valence-electron chi connectivity index (χ4n) is 0.271. The Morgan fingerprint density at radius 2 is 1.78 bits per heavy atom. The first-order chi connectivity index (χ1) is 4.35. The molecule has 0 spiro atoms. The molecule has 0 amide bonds. The predicted octanol–water partition coefficient (Wildman–Crippen LogP) is 2.06. The molecule has 54 valence electrons. The number of allylic oxidation sites excluding steroid dienone is 1. The number of hydrogen-bond donors (Lipinski definition) is 0. The van der Waals surface area contributed by atoms with Crippen LogP contribution < -0.4 is 0 Å². The van der Waals surface area contributed by atoms with Gasteiger partial charge in [-0.25, -0.2) is 0 Å². The van der Waals surface area contributed by atoms with Crippen LogP contribution in [0.1, 0.15) is 6.92 Å². The van der Waals surface area contributed by atoms with Crippen molar-refractivity contribution in [2.75, 3.05) is 14.2 Å². The molecule has 3 nitrogen and oxygen atoms in total. The van der Waals surface area contributed by atoms with E-state index in [4.69, 9.17) is 13.6 Å². The van der Waals surface area contributed by atoms with Gasteiger partial charge in [0.15, 0.2) is 0 Å². The highest BCUT2D eigenvalue weighted by Gasteiger charge is 2.03. The minimum Gasteiger partial charge on any atom is -0.435 e. The van der Waals surface area contributed by atoms with Crippen molar-refractivity contribution in [2.24, 2.45) is 0 Å². The summed E-state index contributed by atoms with van der Waals surface area (Å²) in [5, 5.41) is 0. The molecule has 0 heterocycles. The van der Waals surface area contributed by atoms with Gasteiger partial charge in [-0.05, 0) is 6.92 Å². The van der Waals surface area contributed by atoms with Crippen LogP contribution in [0.3, 0.4) is 0 Å². The van der Waals surface area contributed by atoms with E-state index in [0.717, 1.165) is 0 Å². The highest BCUT2D eigenvalue weighted by Crippen LogP contribution is 2.37. The summed E-state index contributed by atoms with van der Waals surface area (Å²) in [6, 6.07) is 0. The van der Waals surface area contributed by atoms with Gasteiger partial charge in [0.05, 0.1) is 6.26 Å². The van der Waals surface area contributed by atoms with Gasteiger partial charge < -0.3 is 13.6 Å². The van der Waals surface area contributed by atoms with Gasteiger partial charge in [-0.3, -0.25) is 0 Å². The Morgan fingerprint density at radius 3 is 2.11 bits per heavy atom. The largest absolute Gasteiger partial charge is 0.435 e. The molecule has 0 saturated carbocycles. The first kappa shape index (κ1) is 8.89. The molecule has 0 rings (SSSR count). The first-order valence-electron chi connectivity index (χ1n) is 2.51. The number of hydrogen-bond acceptors (Lipinski definition) is 3. The molecule has 0 radical (unpaired) electrons. The van der Waals surface area contributed by atoms with Crippen molar-refractivity contribution in [1.29, 1.82) is 0 Å². The maximum atomic E-state index is 4.93. The molecule has 9 heavy (non-hydrogen) atoms. The molecule has 0 aromatic carbocycles. The summed E-state index contributed by atoms with van der Waals surface area (Å²) in [5.41, 5.74) is 0. The van der Waals surface area contributed by atoms with Crippen LogP contribution in [0.5, 0.6) is 0 Å². The van der Waals surface area contributed by atoms with Crippen molar-refractivity contribution < 1.29 is 13.6 Å². The molecular formula is C5H11O3P. The molecule has 0 saturated heterocycles. The van der Waals surface area contributed by atoms with Gasteiger partial charge >= 0.3 is 8.60 Å². The van der Waals surface area contributed by atoms with E-state index in [0.29, 0.717) is 0 Å². The topological polar surface area (TPSA) is 27.7 Å². The van der Waals surface area contributed by atoms with Crippen LogP contribution in [0.2, 0.25) is 0 Å². The van der Waals surface area contributed by atoms with Crippen LogP contribution in [-0.2, 0) is 13.6 Å². The highest BCUT2D eigenvalue weighted by atomic mass is 31.2. The Bertz CT molecular complexity index is 80.3. The fourth-order valence-corrected chi connectivity index (χ4v) is 0.813. The number of rotatable bonds is 4. The zero-order chi connectivity index (χ0) is 7.11. The minimum absolute atomic E-state index is 1.15. The van der Waals surface area contributed by atoms with Gasteiger partial charge in [-0.1, -0.05) is 6.08 Å². The fraction of sp³-hybridized carbons (Fsp3) is 0.600. The lowest BCUT2D eigenvalue weighted by molar-refractivity contribution is 0.258. The van der Waals surface area contributed by atoms with E-state index in [9.17, 15) is 0 Å². The minimum atomic E-state index is -1.15. The van der Waals surface area contributed by atoms with Crippen molar-refractivity contribution in [3.05, 3.63) is 12.3 Å². The summed E-state index contributed by atoms with van der Waals surface area (Å²) >= 11 is 0. The molecule has 4 heteroatoms. The van der Waals surface area contributed by atoms with Crippen LogP contribution in [0.4, 0.5) is 0 Å². The molecule has 0 N–H and O–H groups in total. The van der Waals surface area contributed by atoms with Gasteiger partial charge in [0, 0.05) is 14.2 Å². The van der Waals surface area contributed by atoms with E-state index in [-0.39, 0.29) is 0 Å². The lowest BCUT2D eigenvalue weighted by atomic mass is 10.8. The molecule has 0 aliphatic carbocycles. The summed E-state index contributed by atoms with van der Waals surface area (Å²) in [6.07, 6.45) is 3.31. The van der Waals surface area contributed by atoms with Gasteiger partial charge in [-0.15, -0.1) is 0 Å². The van der Waals surface area contributed by atoms with E-state index in [2.05, 4.69) is 0 Å². The first-order valence-corrected chi connectivity index (χ1v) is 3.61. The smallest absolute Gasteiger partial charge is 0.396 e. The zero-order valence-electron chi connectivity index (χ0n) is 5.83. The molecule has 0 aliphatic rings. The third-order valence-electron chi connectivity index (χ3n) is 0.581. The highest BCUT2D eigenvalue weighted by molar-refractivity contribution is 7.41. The van der Waals surface area contributed by atoms with Crippen molar-refractivity contribution >= 4 is 8.60 Å². The maximum Gasteiger partial charge on any atom is 0.396 e. The van der Waals surface area contributed by atoms with Gasteiger partial charge in [0.2, 0.25) is 0 Å². The molecule has 0 unspecified atom stereocenters. The van der Waals surface area contributed by atoms with E-state index >= 15 is 0 Å². The molecular weight excluding hydrogens is 139 g/mol. The van der Waals surface area contributed by atoms with E-state index in [1.54, 1.807) is 26.6 Å². The Labute approximate surface area is 56.6 Å². The van der Waals surface area contributed by atoms with Crippen LogP contribution in [0.25, 0.3) is 0 Å². The van der Waals surface area contributed by atoms with Gasteiger partial charge in [0.25, 0.3) is 0 Å². The molecule has 0 fully saturated rings. The van der Waals surface area contributed by atoms with E-state index in [1.807, 2.05) is 6.92 Å². The molecule has 0 aromatic rings. The summed E-state index contributed by atoms with van der Waals surface area (Å²) in [7, 11) is 1.93. The third-order valence-corrected chi connectivity index (χ3v) is 1.47. The van der Waals surface area contributed by atoms with Crippen molar-refractivity contribution in [3.63, 3.8) is 0 Å². The lowest BCUT2D eigenvalue weighted by Gasteiger charge is -2.07. The third kappa shape index (κ3) is 4.40. The molecule has 0 bridgehead atoms. The summed E-state index contributed by atoms with van der Waals surface area (Å²) in [6.45, 7) is 1.86. The predicted molar refractivity (Wildman–Crippen MR) is 36.8 cm³/mol. The Hall–Kier alpha value is -0.110. The summed E-state index contributed by atoms with van der Waals surface area (Å²) in [5.74, 6) is 0. The van der Waals surface area contributed by atoms with Crippen LogP contribution in [0.15, 0.2) is 12.3 Å². The summed E-state index contributed by atoms with van der Waals surface area (Å²) < 4.78 is 14.5. The second-order valence-electron chi connectivity index (χ2n) is 1.16. The summed E-state index contributed by atoms with van der Waals surface area (Å²) in [4.78, 5) is 0. The normalized spacial score (nSPS) is 11.1. The quantitative estimate of drug-likeness (QED) is 0.453. The molecule has 0 aliphatic heterocycles. The monoisotopic (exact) mass is 150 g/mol. The second kappa shape index (κ2) is 6.02. The van der Waals surface area contributed by atoms with Gasteiger partial charge in [-0.2, -0.15) is 0 Å². The Kier molecular flexibility index (Phi) is 5.94. The lowest BCUT2D eigenvalue weighted by Crippen LogP contribution is -1.81. The Morgan fingerprint density at radius 1 is 1.22 bits per heavy atom. The Balaban J connectivity index is 3.31. The average Bonchev–Trinajstić information content (AvgIpc) is 1.91. The van der Waals surface area contributed by atoms with Crippen LogP contribution >= 0.6 is 8.60 Å². The van der Waals surface area contributed by atoms with E-state index in [1.165, 1.54) is 0 Å². The standard InChI is InChI=1S/C5H11O3P/c1-4-5-8-9(6-2)7-3/h4-5H,1-3H3. The maximum absolute atomic E-state index is 4.93. The molecule has 0 aromatic heterocycles. The van der Waals surface area contributed by atoms with Crippen molar-refractivity contribution in [3.8, 4) is 0 Å². The SMILES string of the molecule is CC=COP(OC)OC. The van der Waals surface area contributed by atoms with E-state index < -0.39 is 8.60 Å². The van der Waals surface area contributed by atoms with Crippen molar-refractivity contribution in [2.45, 2.75) is 6.92 Å². The van der Waals surface area contributed by atoms with Crippen molar-refractivity contribution in [1.82, 2.24) is 0 Å². The van der Waals surface area contributed by atoms with Crippen LogP contribution in [0, 0.1) is 0 Å². The van der Waals surface area contributed by atoms with Gasteiger partial charge in [0.1, 0.15) is 0 Å². The van der Waals surface area contributed by atoms with Crippen LogP contribution in [-0.4, -0.2) is 14.2 Å². The molecule has 0 atom stereocenters.